The Balaban J connectivity index is 1.55. The van der Waals surface area contributed by atoms with Gasteiger partial charge in [0.05, 0.1) is 6.54 Å². The fourth-order valence-corrected chi connectivity index (χ4v) is 3.53. The maximum absolute atomic E-state index is 11.3. The average Bonchev–Trinajstić information content (AvgIpc) is 3.17. The number of Topliss-reactive ketones (excluding diaryl/α,β-unsaturated/α-hetero) is 1. The molecule has 2 aromatic rings. The number of aromatic nitrogens is 1. The van der Waals surface area contributed by atoms with Crippen molar-refractivity contribution in [3.05, 3.63) is 48.2 Å². The van der Waals surface area contributed by atoms with Crippen molar-refractivity contribution in [3.63, 3.8) is 0 Å². The van der Waals surface area contributed by atoms with Crippen molar-refractivity contribution in [2.45, 2.75) is 45.6 Å². The summed E-state index contributed by atoms with van der Waals surface area (Å²) in [5.74, 6) is 7.59. The van der Waals surface area contributed by atoms with E-state index < -0.39 is 0 Å². The largest absolute Gasteiger partial charge is 0.489 e. The Hall–Kier alpha value is -3.00. The number of carbonyl (C=O) groups is 1. The zero-order valence-electron chi connectivity index (χ0n) is 17.4. The first-order chi connectivity index (χ1) is 14.0. The summed E-state index contributed by atoms with van der Waals surface area (Å²) in [6.45, 7) is 7.60. The van der Waals surface area contributed by atoms with Crippen LogP contribution in [-0.4, -0.2) is 36.6 Å². The Morgan fingerprint density at radius 3 is 2.83 bits per heavy atom. The number of ether oxygens (including phenoxy) is 2. The second-order valence-electron chi connectivity index (χ2n) is 7.42. The molecule has 29 heavy (non-hydrogen) atoms. The lowest BCUT2D eigenvalue weighted by atomic mass is 9.96. The summed E-state index contributed by atoms with van der Waals surface area (Å²) in [5.41, 5.74) is 2.25. The number of hydrogen-bond donors (Lipinski definition) is 0. The lowest BCUT2D eigenvalue weighted by Crippen LogP contribution is -2.24. The molecule has 5 heteroatoms. The van der Waals surface area contributed by atoms with E-state index in [2.05, 4.69) is 40.8 Å². The van der Waals surface area contributed by atoms with Crippen LogP contribution in [0.1, 0.15) is 45.1 Å². The molecule has 5 nitrogen and oxygen atoms in total. The molecule has 1 fully saturated rings. The van der Waals surface area contributed by atoms with Crippen LogP contribution in [0.2, 0.25) is 0 Å². The summed E-state index contributed by atoms with van der Waals surface area (Å²) >= 11 is 0. The predicted molar refractivity (Wildman–Crippen MR) is 115 cm³/mol. The quantitative estimate of drug-likeness (QED) is 0.630. The van der Waals surface area contributed by atoms with E-state index in [1.807, 2.05) is 24.3 Å². The number of ketones is 1. The first-order valence-electron chi connectivity index (χ1n) is 10.0. The molecule has 0 saturated carbocycles. The molecule has 0 aliphatic carbocycles. The summed E-state index contributed by atoms with van der Waals surface area (Å²) in [6, 6.07) is 12.1. The van der Waals surface area contributed by atoms with Crippen molar-refractivity contribution in [1.82, 2.24) is 4.98 Å². The van der Waals surface area contributed by atoms with Gasteiger partial charge in [0.2, 0.25) is 5.88 Å². The van der Waals surface area contributed by atoms with E-state index >= 15 is 0 Å². The van der Waals surface area contributed by atoms with Crippen LogP contribution in [-0.2, 0) is 4.79 Å². The second kappa shape index (κ2) is 9.97. The van der Waals surface area contributed by atoms with E-state index in [0.717, 1.165) is 36.5 Å². The van der Waals surface area contributed by atoms with E-state index in [1.54, 1.807) is 20.0 Å². The number of rotatable bonds is 8. The SMILES string of the molecule is CC#CCOc1cc(N2CC[C@@H](Oc3ccc([C@H](C)CC(C)=O)cc3)C2)ccn1. The zero-order chi connectivity index (χ0) is 20.6. The zero-order valence-corrected chi connectivity index (χ0v) is 17.4. The van der Waals surface area contributed by atoms with Gasteiger partial charge in [-0.15, -0.1) is 5.92 Å². The molecule has 0 bridgehead atoms. The van der Waals surface area contributed by atoms with Crippen LogP contribution in [0.5, 0.6) is 11.6 Å². The van der Waals surface area contributed by atoms with Crippen LogP contribution in [0.15, 0.2) is 42.6 Å². The molecule has 1 saturated heterocycles. The molecule has 0 amide bonds. The highest BCUT2D eigenvalue weighted by molar-refractivity contribution is 5.76. The topological polar surface area (TPSA) is 51.7 Å². The lowest BCUT2D eigenvalue weighted by molar-refractivity contribution is -0.117. The highest BCUT2D eigenvalue weighted by Crippen LogP contribution is 2.27. The van der Waals surface area contributed by atoms with Crippen LogP contribution in [0, 0.1) is 11.8 Å². The van der Waals surface area contributed by atoms with Gasteiger partial charge in [-0.1, -0.05) is 25.0 Å². The van der Waals surface area contributed by atoms with Gasteiger partial charge >= 0.3 is 0 Å². The van der Waals surface area contributed by atoms with Gasteiger partial charge in [-0.05, 0) is 43.5 Å². The van der Waals surface area contributed by atoms with Gasteiger partial charge in [-0.2, -0.15) is 0 Å². The number of hydrogen-bond acceptors (Lipinski definition) is 5. The first kappa shape index (κ1) is 20.7. The van der Waals surface area contributed by atoms with Gasteiger partial charge in [0.25, 0.3) is 0 Å². The minimum absolute atomic E-state index is 0.138. The van der Waals surface area contributed by atoms with Crippen molar-refractivity contribution in [1.29, 1.82) is 0 Å². The molecule has 0 radical (unpaired) electrons. The van der Waals surface area contributed by atoms with Gasteiger partial charge in [0.15, 0.2) is 6.61 Å². The number of anilines is 1. The molecule has 1 aliphatic rings. The van der Waals surface area contributed by atoms with Gasteiger partial charge in [0.1, 0.15) is 17.6 Å². The first-order valence-corrected chi connectivity index (χ1v) is 10.0. The molecule has 1 aromatic heterocycles. The van der Waals surface area contributed by atoms with Gasteiger partial charge in [-0.25, -0.2) is 4.98 Å². The molecule has 1 aliphatic heterocycles. The standard InChI is InChI=1S/C24H28N2O3/c1-4-5-14-28-24-16-21(10-12-25-24)26-13-11-23(17-26)29-22-8-6-20(7-9-22)18(2)15-19(3)27/h6-10,12,16,18,23H,11,13-15,17H2,1-3H3/t18-,23-/m1/s1. The van der Waals surface area contributed by atoms with Crippen molar-refractivity contribution >= 4 is 11.5 Å². The van der Waals surface area contributed by atoms with Gasteiger partial charge in [0, 0.05) is 37.3 Å². The summed E-state index contributed by atoms with van der Waals surface area (Å²) < 4.78 is 11.7. The Labute approximate surface area is 173 Å². The molecule has 0 N–H and O–H groups in total. The smallest absolute Gasteiger partial charge is 0.216 e. The number of benzene rings is 1. The predicted octanol–water partition coefficient (Wildman–Crippen LogP) is 4.22. The maximum Gasteiger partial charge on any atom is 0.216 e. The van der Waals surface area contributed by atoms with Crippen LogP contribution < -0.4 is 14.4 Å². The fourth-order valence-electron chi connectivity index (χ4n) is 3.53. The summed E-state index contributed by atoms with van der Waals surface area (Å²) in [6.07, 6.45) is 3.43. The van der Waals surface area contributed by atoms with Crippen LogP contribution in [0.3, 0.4) is 0 Å². The highest BCUT2D eigenvalue weighted by Gasteiger charge is 2.24. The summed E-state index contributed by atoms with van der Waals surface area (Å²) in [5, 5.41) is 0. The monoisotopic (exact) mass is 392 g/mol. The Morgan fingerprint density at radius 2 is 2.10 bits per heavy atom. The average molecular weight is 392 g/mol. The van der Waals surface area contributed by atoms with Gasteiger partial charge < -0.3 is 19.2 Å². The normalized spacial score (nSPS) is 16.7. The van der Waals surface area contributed by atoms with Crippen LogP contribution in [0.25, 0.3) is 0 Å². The Morgan fingerprint density at radius 1 is 1.31 bits per heavy atom. The van der Waals surface area contributed by atoms with Crippen LogP contribution in [0.4, 0.5) is 5.69 Å². The van der Waals surface area contributed by atoms with Crippen molar-refractivity contribution in [3.8, 4) is 23.5 Å². The lowest BCUT2D eigenvalue weighted by Gasteiger charge is -2.19. The maximum atomic E-state index is 11.3. The number of nitrogens with zero attached hydrogens (tertiary/aromatic N) is 2. The van der Waals surface area contributed by atoms with E-state index in [9.17, 15) is 4.79 Å². The van der Waals surface area contributed by atoms with E-state index in [1.165, 1.54) is 0 Å². The third-order valence-electron chi connectivity index (χ3n) is 5.04. The number of pyridine rings is 1. The van der Waals surface area contributed by atoms with E-state index in [0.29, 0.717) is 18.9 Å². The molecule has 3 rings (SSSR count). The molecule has 2 heterocycles. The molecular formula is C24H28N2O3. The minimum Gasteiger partial charge on any atom is -0.489 e. The Bertz CT molecular complexity index is 883. The van der Waals surface area contributed by atoms with E-state index in [4.69, 9.17) is 9.47 Å². The van der Waals surface area contributed by atoms with Crippen molar-refractivity contribution in [2.24, 2.45) is 0 Å². The van der Waals surface area contributed by atoms with Crippen molar-refractivity contribution < 1.29 is 14.3 Å². The molecule has 2 atom stereocenters. The molecule has 0 spiro atoms. The number of carbonyl (C=O) groups excluding carboxylic acids is 1. The van der Waals surface area contributed by atoms with Crippen molar-refractivity contribution in [2.75, 3.05) is 24.6 Å². The molecule has 152 valence electrons. The molecule has 1 aromatic carbocycles. The fraction of sp³-hybridized carbons (Fsp3) is 0.417. The van der Waals surface area contributed by atoms with Gasteiger partial charge in [-0.3, -0.25) is 0 Å². The Kier molecular flexibility index (Phi) is 7.13. The third kappa shape index (κ3) is 5.99. The summed E-state index contributed by atoms with van der Waals surface area (Å²) in [4.78, 5) is 17.8. The second-order valence-corrected chi connectivity index (χ2v) is 7.42. The third-order valence-corrected chi connectivity index (χ3v) is 5.04. The molecular weight excluding hydrogens is 364 g/mol. The van der Waals surface area contributed by atoms with Crippen LogP contribution >= 0.6 is 0 Å². The van der Waals surface area contributed by atoms with E-state index in [-0.39, 0.29) is 17.8 Å². The minimum atomic E-state index is 0.138. The highest BCUT2D eigenvalue weighted by atomic mass is 16.5. The summed E-state index contributed by atoms with van der Waals surface area (Å²) in [7, 11) is 0. The molecule has 0 unspecified atom stereocenters.